The molecule has 9 atom stereocenters. The standard InChI is InChI=1S/C35H57ClN8O12/c36-26-14-42-27(28(43-26)35(39)56)33(37)41-11-2-1-4-19-5-7-20(8-6-19)9-10-21(34(38)55)40-12-3-13-44(15-22(47)29(51)31(53)24(49)17-45)16-23(48)30(52)32(54)25(50)18-46/h5-8,14,21-25,29-32,40,45-54H,1-4,9-13,15-18H2,(H2,37,41)(H2,38,55)(H2,39,56)/t21-,22-,23-,24+,25+,29+,30+,31+,32+/m0/s1. The second-order valence-electron chi connectivity index (χ2n) is 13.5. The minimum atomic E-state index is -1.91. The van der Waals surface area contributed by atoms with Gasteiger partial charge in [0.2, 0.25) is 5.91 Å². The number of unbranched alkanes of at least 4 members (excludes halogenated alkanes) is 1. The summed E-state index contributed by atoms with van der Waals surface area (Å²) in [4.78, 5) is 37.4. The number of halogens is 1. The van der Waals surface area contributed by atoms with Crippen LogP contribution in [0.3, 0.4) is 0 Å². The van der Waals surface area contributed by atoms with Gasteiger partial charge >= 0.3 is 0 Å². The first-order valence-electron chi connectivity index (χ1n) is 18.1. The molecule has 17 N–H and O–H groups in total. The number of aryl methyl sites for hydroxylation is 2. The van der Waals surface area contributed by atoms with E-state index in [0.29, 0.717) is 25.8 Å². The summed E-state index contributed by atoms with van der Waals surface area (Å²) in [6.45, 7) is -1.88. The maximum atomic E-state index is 12.2. The van der Waals surface area contributed by atoms with Crippen molar-refractivity contribution < 1.29 is 60.7 Å². The van der Waals surface area contributed by atoms with Crippen LogP contribution in [-0.2, 0) is 17.6 Å². The van der Waals surface area contributed by atoms with Crippen LogP contribution in [0.2, 0.25) is 5.15 Å². The zero-order valence-corrected chi connectivity index (χ0v) is 31.7. The Morgan fingerprint density at radius 1 is 0.750 bits per heavy atom. The Balaban J connectivity index is 1.89. The molecule has 56 heavy (non-hydrogen) atoms. The first-order chi connectivity index (χ1) is 26.5. The predicted molar refractivity (Wildman–Crippen MR) is 203 cm³/mol. The Labute approximate surface area is 329 Å². The molecular weight excluding hydrogens is 760 g/mol. The number of aliphatic hydroxyl groups excluding tert-OH is 10. The number of carbonyl (C=O) groups is 2. The summed E-state index contributed by atoms with van der Waals surface area (Å²) in [5.74, 6) is -1.37. The average Bonchev–Trinajstić information content (AvgIpc) is 3.18. The topological polar surface area (TPSA) is 368 Å². The summed E-state index contributed by atoms with van der Waals surface area (Å²) in [5, 5.41) is 102. The molecule has 0 radical (unpaired) electrons. The third-order valence-electron chi connectivity index (χ3n) is 9.05. The Morgan fingerprint density at radius 2 is 1.27 bits per heavy atom. The molecule has 0 saturated carbocycles. The molecule has 0 aliphatic rings. The smallest absolute Gasteiger partial charge is 0.269 e. The van der Waals surface area contributed by atoms with Gasteiger partial charge < -0.3 is 73.6 Å². The Kier molecular flexibility index (Phi) is 21.7. The molecule has 0 spiro atoms. The van der Waals surface area contributed by atoms with E-state index in [0.717, 1.165) is 24.0 Å². The molecule has 316 valence electrons. The van der Waals surface area contributed by atoms with Crippen LogP contribution in [0, 0.1) is 0 Å². The molecule has 0 saturated heterocycles. The molecule has 1 aromatic carbocycles. The summed E-state index contributed by atoms with van der Waals surface area (Å²) in [6, 6.07) is 7.18. The number of benzene rings is 1. The van der Waals surface area contributed by atoms with Gasteiger partial charge in [0.05, 0.1) is 37.7 Å². The number of amidine groups is 1. The van der Waals surface area contributed by atoms with Crippen molar-refractivity contribution in [1.82, 2.24) is 20.2 Å². The number of nitrogens with two attached hydrogens (primary N) is 3. The number of aromatic nitrogens is 2. The van der Waals surface area contributed by atoms with Gasteiger partial charge in [-0.2, -0.15) is 0 Å². The van der Waals surface area contributed by atoms with Gasteiger partial charge in [-0.15, -0.1) is 0 Å². The van der Waals surface area contributed by atoms with Crippen molar-refractivity contribution in [3.05, 3.63) is 58.1 Å². The molecular formula is C35H57ClN8O12. The number of primary amides is 2. The minimum absolute atomic E-state index is 0.00793. The highest BCUT2D eigenvalue weighted by Crippen LogP contribution is 2.14. The molecule has 2 amide bonds. The first kappa shape index (κ1) is 48.7. The van der Waals surface area contributed by atoms with E-state index in [-0.39, 0.29) is 41.9 Å². The van der Waals surface area contributed by atoms with Crippen LogP contribution in [0.1, 0.15) is 53.0 Å². The Bertz CT molecular complexity index is 1480. The van der Waals surface area contributed by atoms with Gasteiger partial charge in [-0.1, -0.05) is 35.9 Å². The van der Waals surface area contributed by atoms with Crippen LogP contribution in [0.25, 0.3) is 0 Å². The van der Waals surface area contributed by atoms with Crippen molar-refractivity contribution in [2.45, 2.75) is 93.4 Å². The zero-order chi connectivity index (χ0) is 41.9. The van der Waals surface area contributed by atoms with E-state index in [1.54, 1.807) is 0 Å². The molecule has 1 aromatic heterocycles. The van der Waals surface area contributed by atoms with Crippen LogP contribution in [0.4, 0.5) is 0 Å². The van der Waals surface area contributed by atoms with Crippen LogP contribution in [0.15, 0.2) is 35.5 Å². The molecule has 2 rings (SSSR count). The van der Waals surface area contributed by atoms with Gasteiger partial charge in [0.25, 0.3) is 5.91 Å². The zero-order valence-electron chi connectivity index (χ0n) is 31.0. The molecule has 2 aromatic rings. The number of rotatable bonds is 28. The highest BCUT2D eigenvalue weighted by atomic mass is 35.5. The number of hydrogen-bond donors (Lipinski definition) is 14. The van der Waals surface area contributed by atoms with Crippen molar-refractivity contribution in [3.63, 3.8) is 0 Å². The van der Waals surface area contributed by atoms with Crippen LogP contribution in [-0.4, -0.2) is 184 Å². The second kappa shape index (κ2) is 25.0. The lowest BCUT2D eigenvalue weighted by atomic mass is 10.0. The molecule has 1 heterocycles. The maximum Gasteiger partial charge on any atom is 0.269 e. The predicted octanol–water partition coefficient (Wildman–Crippen LogP) is -5.10. The number of nitrogens with one attached hydrogen (secondary N) is 1. The lowest BCUT2D eigenvalue weighted by molar-refractivity contribution is -0.130. The third-order valence-corrected chi connectivity index (χ3v) is 9.23. The van der Waals surface area contributed by atoms with E-state index >= 15 is 0 Å². The number of carbonyl (C=O) groups excluding carboxylic acids is 2. The number of nitrogens with zero attached hydrogens (tertiary/aromatic N) is 4. The highest BCUT2D eigenvalue weighted by Gasteiger charge is 2.34. The number of aliphatic imine (C=N–C) groups is 1. The van der Waals surface area contributed by atoms with Crippen molar-refractivity contribution in [2.75, 3.05) is 45.9 Å². The van der Waals surface area contributed by atoms with Gasteiger partial charge in [0.15, 0.2) is 5.69 Å². The van der Waals surface area contributed by atoms with Crippen LogP contribution >= 0.6 is 11.6 Å². The van der Waals surface area contributed by atoms with E-state index in [9.17, 15) is 50.4 Å². The maximum absolute atomic E-state index is 12.2. The molecule has 0 unspecified atom stereocenters. The van der Waals surface area contributed by atoms with E-state index in [4.69, 9.17) is 39.0 Å². The first-order valence-corrected chi connectivity index (χ1v) is 18.5. The van der Waals surface area contributed by atoms with E-state index in [1.807, 2.05) is 24.3 Å². The normalized spacial score (nSPS) is 17.1. The van der Waals surface area contributed by atoms with Crippen molar-refractivity contribution >= 4 is 29.3 Å². The van der Waals surface area contributed by atoms with Crippen LogP contribution < -0.4 is 22.5 Å². The van der Waals surface area contributed by atoms with Gasteiger partial charge in [-0.3, -0.25) is 19.5 Å². The SMILES string of the molecule is NC(=O)c1nc(Cl)cnc1C(N)=NCCCCc1ccc(CC[C@H](NCCCN(C[C@H](O)[C@@H](O)[C@H](O)[C@H](O)CO)C[C@H](O)[C@@H](O)[C@H](O)[C@H](O)CO)C(N)=O)cc1. The molecule has 20 nitrogen and oxygen atoms in total. The molecule has 0 aliphatic carbocycles. The fraction of sp³-hybridized carbons (Fsp3) is 0.629. The van der Waals surface area contributed by atoms with Crippen molar-refractivity contribution in [1.29, 1.82) is 0 Å². The fourth-order valence-corrected chi connectivity index (χ4v) is 5.81. The van der Waals surface area contributed by atoms with E-state index in [2.05, 4.69) is 20.3 Å². The van der Waals surface area contributed by atoms with E-state index < -0.39 is 93.0 Å². The summed E-state index contributed by atoms with van der Waals surface area (Å²) >= 11 is 5.79. The quantitative estimate of drug-likeness (QED) is 0.0217. The monoisotopic (exact) mass is 816 g/mol. The number of aliphatic hydroxyl groups is 10. The van der Waals surface area contributed by atoms with Gasteiger partial charge in [0, 0.05) is 19.6 Å². The summed E-state index contributed by atoms with van der Waals surface area (Å²) in [5.41, 5.74) is 18.9. The highest BCUT2D eigenvalue weighted by molar-refractivity contribution is 6.29. The van der Waals surface area contributed by atoms with Crippen LogP contribution in [0.5, 0.6) is 0 Å². The van der Waals surface area contributed by atoms with Gasteiger partial charge in [-0.05, 0) is 62.7 Å². The Hall–Kier alpha value is -3.48. The fourth-order valence-electron chi connectivity index (χ4n) is 5.68. The molecule has 21 heteroatoms. The number of amides is 2. The van der Waals surface area contributed by atoms with Gasteiger partial charge in [-0.25, -0.2) is 9.97 Å². The summed E-state index contributed by atoms with van der Waals surface area (Å²) < 4.78 is 0. The Morgan fingerprint density at radius 3 is 1.77 bits per heavy atom. The van der Waals surface area contributed by atoms with Gasteiger partial charge in [0.1, 0.15) is 53.3 Å². The largest absolute Gasteiger partial charge is 0.394 e. The second-order valence-corrected chi connectivity index (χ2v) is 13.8. The summed E-state index contributed by atoms with van der Waals surface area (Å²) in [7, 11) is 0. The molecule has 0 aliphatic heterocycles. The third kappa shape index (κ3) is 16.2. The molecule has 0 bridgehead atoms. The van der Waals surface area contributed by atoms with Crippen molar-refractivity contribution in [3.8, 4) is 0 Å². The number of hydrogen-bond acceptors (Lipinski definition) is 17. The lowest BCUT2D eigenvalue weighted by Gasteiger charge is -2.33. The minimum Gasteiger partial charge on any atom is -0.394 e. The van der Waals surface area contributed by atoms with Crippen molar-refractivity contribution in [2.24, 2.45) is 22.2 Å². The van der Waals surface area contributed by atoms with E-state index in [1.165, 1.54) is 11.1 Å². The average molecular weight is 817 g/mol. The molecule has 0 fully saturated rings. The summed E-state index contributed by atoms with van der Waals surface area (Å²) in [6.07, 6.45) is -9.78. The lowest BCUT2D eigenvalue weighted by Crippen LogP contribution is -2.53.